The van der Waals surface area contributed by atoms with Gasteiger partial charge in [0.15, 0.2) is 0 Å². The smallest absolute Gasteiger partial charge is 0.353 e. The molecule has 2 aromatic rings. The molecule has 172 valence electrons. The summed E-state index contributed by atoms with van der Waals surface area (Å²) in [6.45, 7) is -0.349. The SMILES string of the molecule is O=C1c2ccccc2C(=O)N1CCOC(=O)C12CCC(=O)N1c1ccccc1C(=O)N2C1CC1. The summed E-state index contributed by atoms with van der Waals surface area (Å²) in [5.41, 5.74) is -0.117. The molecule has 34 heavy (non-hydrogen) atoms. The van der Waals surface area contributed by atoms with Crippen LogP contribution in [0.5, 0.6) is 0 Å². The van der Waals surface area contributed by atoms with Crippen molar-refractivity contribution in [3.8, 4) is 0 Å². The lowest BCUT2D eigenvalue weighted by Gasteiger charge is -2.48. The molecule has 0 aromatic heterocycles. The standard InChI is InChI=1S/C25H21N3O6/c29-20-11-12-25(27(15-9-10-15)23(32)18-7-3-4-8-19(18)28(20)25)24(33)34-14-13-26-21(30)16-5-1-2-6-17(16)22(26)31/h1-8,15H,9-14H2. The van der Waals surface area contributed by atoms with Crippen LogP contribution in [0.15, 0.2) is 48.5 Å². The Bertz CT molecular complexity index is 1250. The number of anilines is 1. The van der Waals surface area contributed by atoms with Gasteiger partial charge in [-0.2, -0.15) is 0 Å². The maximum absolute atomic E-state index is 13.6. The lowest BCUT2D eigenvalue weighted by molar-refractivity contribution is -0.157. The fourth-order valence-corrected chi connectivity index (χ4v) is 5.30. The van der Waals surface area contributed by atoms with E-state index in [-0.39, 0.29) is 43.8 Å². The first kappa shape index (κ1) is 20.6. The number of imide groups is 1. The van der Waals surface area contributed by atoms with Crippen molar-refractivity contribution in [2.75, 3.05) is 18.1 Å². The van der Waals surface area contributed by atoms with Crippen LogP contribution in [0.3, 0.4) is 0 Å². The van der Waals surface area contributed by atoms with Crippen LogP contribution in [0, 0.1) is 0 Å². The van der Waals surface area contributed by atoms with Gasteiger partial charge >= 0.3 is 5.97 Å². The summed E-state index contributed by atoms with van der Waals surface area (Å²) in [5, 5.41) is 0. The first-order valence-electron chi connectivity index (χ1n) is 11.3. The molecule has 1 saturated carbocycles. The zero-order chi connectivity index (χ0) is 23.6. The maximum Gasteiger partial charge on any atom is 0.353 e. The van der Waals surface area contributed by atoms with Crippen molar-refractivity contribution in [1.82, 2.24) is 9.80 Å². The molecule has 0 bridgehead atoms. The molecule has 0 radical (unpaired) electrons. The summed E-state index contributed by atoms with van der Waals surface area (Å²) in [4.78, 5) is 69.2. The number of amides is 4. The van der Waals surface area contributed by atoms with Crippen molar-refractivity contribution in [1.29, 1.82) is 0 Å². The highest BCUT2D eigenvalue weighted by Crippen LogP contribution is 2.49. The molecule has 9 heteroatoms. The highest BCUT2D eigenvalue weighted by Gasteiger charge is 2.64. The maximum atomic E-state index is 13.6. The molecule has 3 aliphatic heterocycles. The second-order valence-electron chi connectivity index (χ2n) is 8.91. The fraction of sp³-hybridized carbons (Fsp3) is 0.320. The predicted octanol–water partition coefficient (Wildman–Crippen LogP) is 1.97. The van der Waals surface area contributed by atoms with Crippen LogP contribution in [0.1, 0.15) is 56.8 Å². The van der Waals surface area contributed by atoms with Crippen LogP contribution in [-0.4, -0.2) is 64.3 Å². The molecule has 1 aliphatic carbocycles. The van der Waals surface area contributed by atoms with E-state index in [0.717, 1.165) is 17.7 Å². The Morgan fingerprint density at radius 1 is 0.882 bits per heavy atom. The van der Waals surface area contributed by atoms with E-state index in [4.69, 9.17) is 4.74 Å². The first-order chi connectivity index (χ1) is 16.4. The van der Waals surface area contributed by atoms with Gasteiger partial charge in [0, 0.05) is 18.9 Å². The Hall–Kier alpha value is -4.01. The minimum atomic E-state index is -1.55. The Morgan fingerprint density at radius 3 is 2.15 bits per heavy atom. The molecule has 0 spiro atoms. The van der Waals surface area contributed by atoms with Gasteiger partial charge in [0.25, 0.3) is 17.7 Å². The highest BCUT2D eigenvalue weighted by molar-refractivity contribution is 6.21. The molecule has 2 fully saturated rings. The van der Waals surface area contributed by atoms with Gasteiger partial charge in [-0.1, -0.05) is 24.3 Å². The van der Waals surface area contributed by atoms with Crippen LogP contribution in [0.25, 0.3) is 0 Å². The van der Waals surface area contributed by atoms with Crippen LogP contribution in [0.2, 0.25) is 0 Å². The third-order valence-corrected chi connectivity index (χ3v) is 6.96. The third-order valence-electron chi connectivity index (χ3n) is 6.96. The van der Waals surface area contributed by atoms with Gasteiger partial charge in [0.05, 0.1) is 28.9 Å². The number of carbonyl (C=O) groups excluding carboxylic acids is 5. The Balaban J connectivity index is 1.27. The Morgan fingerprint density at radius 2 is 1.50 bits per heavy atom. The number of rotatable bonds is 5. The number of benzene rings is 2. The molecular weight excluding hydrogens is 438 g/mol. The van der Waals surface area contributed by atoms with E-state index in [2.05, 4.69) is 0 Å². The van der Waals surface area contributed by atoms with Crippen molar-refractivity contribution >= 4 is 35.3 Å². The van der Waals surface area contributed by atoms with Gasteiger partial charge in [0.1, 0.15) is 6.61 Å². The van der Waals surface area contributed by atoms with Gasteiger partial charge in [-0.05, 0) is 37.1 Å². The number of ether oxygens (including phenoxy) is 1. The molecule has 2 aromatic carbocycles. The molecule has 1 saturated heterocycles. The number of hydrogen-bond acceptors (Lipinski definition) is 6. The topological polar surface area (TPSA) is 104 Å². The summed E-state index contributed by atoms with van der Waals surface area (Å²) in [7, 11) is 0. The lowest BCUT2D eigenvalue weighted by Crippen LogP contribution is -2.69. The zero-order valence-corrected chi connectivity index (χ0v) is 18.2. The summed E-state index contributed by atoms with van der Waals surface area (Å²) >= 11 is 0. The second kappa shape index (κ2) is 7.24. The molecule has 1 atom stereocenters. The predicted molar refractivity (Wildman–Crippen MR) is 118 cm³/mol. The lowest BCUT2D eigenvalue weighted by atomic mass is 9.96. The Labute approximate surface area is 194 Å². The molecule has 1 unspecified atom stereocenters. The number of nitrogens with zero attached hydrogens (tertiary/aromatic N) is 3. The van der Waals surface area contributed by atoms with Gasteiger partial charge in [0.2, 0.25) is 11.6 Å². The summed E-state index contributed by atoms with van der Waals surface area (Å²) in [5.74, 6) is -2.13. The monoisotopic (exact) mass is 459 g/mol. The molecular formula is C25H21N3O6. The molecule has 4 aliphatic rings. The number of esters is 1. The summed E-state index contributed by atoms with van der Waals surface area (Å²) in [6, 6.07) is 13.2. The molecule has 3 heterocycles. The van der Waals surface area contributed by atoms with E-state index < -0.39 is 23.4 Å². The largest absolute Gasteiger partial charge is 0.461 e. The van der Waals surface area contributed by atoms with Crippen molar-refractivity contribution in [3.05, 3.63) is 65.2 Å². The molecule has 9 nitrogen and oxygen atoms in total. The van der Waals surface area contributed by atoms with E-state index in [9.17, 15) is 24.0 Å². The van der Waals surface area contributed by atoms with Gasteiger partial charge in [-0.25, -0.2) is 4.79 Å². The number of fused-ring (bicyclic) bond motifs is 4. The normalized spacial score (nSPS) is 23.2. The van der Waals surface area contributed by atoms with Gasteiger partial charge in [-0.3, -0.25) is 29.0 Å². The van der Waals surface area contributed by atoms with E-state index in [1.54, 1.807) is 48.5 Å². The summed E-state index contributed by atoms with van der Waals surface area (Å²) in [6.07, 6.45) is 1.74. The van der Waals surface area contributed by atoms with Crippen molar-refractivity contribution in [2.45, 2.75) is 37.4 Å². The van der Waals surface area contributed by atoms with Crippen LogP contribution in [-0.2, 0) is 14.3 Å². The van der Waals surface area contributed by atoms with Crippen LogP contribution >= 0.6 is 0 Å². The van der Waals surface area contributed by atoms with Crippen molar-refractivity contribution in [3.63, 3.8) is 0 Å². The minimum Gasteiger partial charge on any atom is -0.461 e. The van der Waals surface area contributed by atoms with E-state index in [1.807, 2.05) is 0 Å². The Kier molecular flexibility index (Phi) is 4.39. The number of carbonyl (C=O) groups is 5. The first-order valence-corrected chi connectivity index (χ1v) is 11.3. The van der Waals surface area contributed by atoms with Gasteiger partial charge < -0.3 is 9.64 Å². The number of para-hydroxylation sites is 1. The van der Waals surface area contributed by atoms with Crippen LogP contribution in [0.4, 0.5) is 5.69 Å². The zero-order valence-electron chi connectivity index (χ0n) is 18.2. The van der Waals surface area contributed by atoms with Crippen molar-refractivity contribution in [2.24, 2.45) is 0 Å². The molecule has 4 amide bonds. The van der Waals surface area contributed by atoms with Gasteiger partial charge in [-0.15, -0.1) is 0 Å². The van der Waals surface area contributed by atoms with Crippen LogP contribution < -0.4 is 4.90 Å². The fourth-order valence-electron chi connectivity index (χ4n) is 5.30. The van der Waals surface area contributed by atoms with E-state index in [1.165, 1.54) is 9.80 Å². The highest BCUT2D eigenvalue weighted by atomic mass is 16.5. The van der Waals surface area contributed by atoms with E-state index >= 15 is 0 Å². The summed E-state index contributed by atoms with van der Waals surface area (Å²) < 4.78 is 5.59. The van der Waals surface area contributed by atoms with Crippen molar-refractivity contribution < 1.29 is 28.7 Å². The molecule has 0 N–H and O–H groups in total. The third kappa shape index (κ3) is 2.69. The van der Waals surface area contributed by atoms with E-state index in [0.29, 0.717) is 22.4 Å². The molecule has 6 rings (SSSR count). The quantitative estimate of drug-likeness (QED) is 0.500. The number of hydrogen-bond donors (Lipinski definition) is 0. The average Bonchev–Trinajstić information content (AvgIpc) is 3.58. The minimum absolute atomic E-state index is 0.109. The second-order valence-corrected chi connectivity index (χ2v) is 8.91. The average molecular weight is 459 g/mol.